The molecule has 2 aliphatic rings. The van der Waals surface area contributed by atoms with Crippen molar-refractivity contribution < 1.29 is 52.7 Å². The number of ether oxygens (including phenoxy) is 2. The molecule has 0 radical (unpaired) electrons. The van der Waals surface area contributed by atoms with Crippen LogP contribution in [0.3, 0.4) is 0 Å². The molecule has 0 unspecified atom stereocenters. The van der Waals surface area contributed by atoms with Crippen molar-refractivity contribution in [2.45, 2.75) is 52.7 Å². The van der Waals surface area contributed by atoms with E-state index in [2.05, 4.69) is 127 Å². The Kier molecular flexibility index (Phi) is 28.2. The summed E-state index contributed by atoms with van der Waals surface area (Å²) in [4.78, 5) is 52.2. The Bertz CT molecular complexity index is 4810. The number of hydrogen-bond acceptors (Lipinski definition) is 37. The highest BCUT2D eigenvalue weighted by atomic mass is 32.2. The molecule has 20 N–H and O–H groups in total. The summed E-state index contributed by atoms with van der Waals surface area (Å²) in [7, 11) is -15.3. The smallest absolute Gasteiger partial charge is 0.407 e. The van der Waals surface area contributed by atoms with E-state index in [1.54, 1.807) is 90.3 Å². The lowest BCUT2D eigenvalue weighted by Crippen LogP contribution is -2.37. The molecule has 43 nitrogen and oxygen atoms in total. The number of amidine groups is 4. The number of nitrogens with two attached hydrogens (primary N) is 5. The van der Waals surface area contributed by atoms with E-state index in [0.29, 0.717) is 40.1 Å². The molecule has 566 valence electrons. The van der Waals surface area contributed by atoms with E-state index in [-0.39, 0.29) is 112 Å². The first-order chi connectivity index (χ1) is 50.7. The number of hydrogen-bond donors (Lipinski definition) is 15. The second-order valence-electron chi connectivity index (χ2n) is 23.5. The normalized spacial score (nSPS) is 12.7. The topological polar surface area (TPSA) is 655 Å². The molecule has 0 fully saturated rings. The first-order valence-corrected chi connectivity index (χ1v) is 37.9. The van der Waals surface area contributed by atoms with E-state index in [1.807, 2.05) is 6.07 Å². The standard InChI is InChI=1S/C26H38N10O8S2.C16H20N10O4S2.C12H12N8.C6H5N3/c1-25(2,3)43-23(37)29-13-15-45(39,40)35-17-9-7-11-27-19(17)21-31-33-22(34-32-21)20-18(10-8-12-28-20)36-46(41,42)16-14-30-24(38)44-26(4,5)6;17-5-9-31(27,28)25-11-3-1-7-19-13(11)15-21-23-16(24-22-15)14-12(4-2-8-20-14)26-32(29,30)10-6-18;13-7-3-1-5-15-9(7)11-17-19-12(20-18-11)10-8(14)4-2-6-16-10;7-4-6-5(8)2-1-3-9-6/h7-12,35-36H,13-16H2,1-6H3,(H,29,37)(H,30,38)(H,31,32)(H,33,34);1-4,7-8,25-26H,5-6,9-10,17-18H2;1-6H,13-14H2,(H,17,18)(H,19,20);1-3H,8H2. The number of amides is 2. The molecule has 8 aromatic rings. The van der Waals surface area contributed by atoms with Crippen LogP contribution >= 0.6 is 0 Å². The molecule has 2 amide bonds. The Morgan fingerprint density at radius 1 is 0.411 bits per heavy atom. The maximum atomic E-state index is 12.7. The molecular formula is C60H75N31O12S4. The van der Waals surface area contributed by atoms with Gasteiger partial charge in [0.25, 0.3) is 0 Å². The minimum absolute atomic E-state index is 0.0419. The number of nitriles is 1. The van der Waals surface area contributed by atoms with Gasteiger partial charge in [0.05, 0.1) is 62.8 Å². The van der Waals surface area contributed by atoms with Gasteiger partial charge < -0.3 is 48.8 Å². The van der Waals surface area contributed by atoms with Crippen molar-refractivity contribution in [2.75, 3.05) is 85.3 Å². The average molecular weight is 1550 g/mol. The molecule has 0 spiro atoms. The number of carbonyl (C=O) groups is 2. The van der Waals surface area contributed by atoms with Crippen LogP contribution in [0.4, 0.5) is 49.4 Å². The third-order valence-corrected chi connectivity index (χ3v) is 17.8. The van der Waals surface area contributed by atoms with Crippen molar-refractivity contribution in [1.29, 1.82) is 5.26 Å². The zero-order valence-electron chi connectivity index (χ0n) is 57.9. The van der Waals surface area contributed by atoms with Crippen molar-refractivity contribution in [3.05, 3.63) is 157 Å². The maximum absolute atomic E-state index is 12.7. The number of nitrogens with zero attached hydrogens (tertiary/aromatic N) is 16. The number of nitrogen functional groups attached to an aromatic ring is 3. The predicted molar refractivity (Wildman–Crippen MR) is 398 cm³/mol. The van der Waals surface area contributed by atoms with Crippen LogP contribution in [-0.2, 0) is 49.6 Å². The van der Waals surface area contributed by atoms with E-state index < -0.39 is 75.0 Å². The molecule has 0 aliphatic carbocycles. The monoisotopic (exact) mass is 1550 g/mol. The highest BCUT2D eigenvalue weighted by Crippen LogP contribution is 2.26. The second kappa shape index (κ2) is 37.1. The van der Waals surface area contributed by atoms with Gasteiger partial charge in [-0.1, -0.05) is 0 Å². The van der Waals surface area contributed by atoms with Crippen molar-refractivity contribution in [3.8, 4) is 29.1 Å². The van der Waals surface area contributed by atoms with Crippen LogP contribution in [0.25, 0.3) is 23.0 Å². The molecule has 10 heterocycles. The van der Waals surface area contributed by atoms with Crippen LogP contribution in [-0.4, -0.2) is 185 Å². The number of anilines is 7. The average Bonchev–Trinajstić information content (AvgIpc) is 0.804. The highest BCUT2D eigenvalue weighted by molar-refractivity contribution is 7.93. The third-order valence-electron chi connectivity index (χ3n) is 12.7. The predicted octanol–water partition coefficient (Wildman–Crippen LogP) is 0.410. The van der Waals surface area contributed by atoms with Gasteiger partial charge in [-0.2, -0.15) is 25.7 Å². The van der Waals surface area contributed by atoms with Gasteiger partial charge >= 0.3 is 12.2 Å². The van der Waals surface area contributed by atoms with Crippen molar-refractivity contribution in [1.82, 2.24) is 87.6 Å². The van der Waals surface area contributed by atoms with Crippen molar-refractivity contribution >= 4 is 115 Å². The fourth-order valence-electron chi connectivity index (χ4n) is 8.19. The van der Waals surface area contributed by atoms with Gasteiger partial charge in [-0.25, -0.2) is 48.2 Å². The quantitative estimate of drug-likeness (QED) is 0.0389. The Labute approximate surface area is 613 Å². The maximum Gasteiger partial charge on any atom is 0.407 e. The number of nitrogens with one attached hydrogen (secondary N) is 10. The summed E-state index contributed by atoms with van der Waals surface area (Å²) in [6.07, 6.45) is 9.00. The molecule has 2 aliphatic heterocycles. The number of alkyl carbamates (subject to hydrolysis) is 2. The third kappa shape index (κ3) is 26.2. The molecule has 0 saturated heterocycles. The van der Waals surface area contributed by atoms with Gasteiger partial charge in [-0.05, 0) is 126 Å². The van der Waals surface area contributed by atoms with E-state index in [4.69, 9.17) is 43.4 Å². The lowest BCUT2D eigenvalue weighted by atomic mass is 10.2. The summed E-state index contributed by atoms with van der Waals surface area (Å²) < 4.78 is 119. The van der Waals surface area contributed by atoms with Crippen LogP contribution in [0.15, 0.2) is 149 Å². The van der Waals surface area contributed by atoms with Gasteiger partial charge in [0.15, 0.2) is 29.0 Å². The number of hydrazone groups is 4. The lowest BCUT2D eigenvalue weighted by Gasteiger charge is -2.20. The summed E-state index contributed by atoms with van der Waals surface area (Å²) in [5.41, 5.74) is 40.7. The zero-order valence-corrected chi connectivity index (χ0v) is 61.1. The minimum Gasteiger partial charge on any atom is -0.444 e. The fourth-order valence-corrected chi connectivity index (χ4v) is 12.0. The van der Waals surface area contributed by atoms with Gasteiger partial charge in [-0.15, -0.1) is 20.4 Å². The second-order valence-corrected chi connectivity index (χ2v) is 30.9. The van der Waals surface area contributed by atoms with Crippen LogP contribution in [0.1, 0.15) is 70.0 Å². The van der Waals surface area contributed by atoms with E-state index in [9.17, 15) is 43.3 Å². The summed E-state index contributed by atoms with van der Waals surface area (Å²) in [5, 5.41) is 45.6. The lowest BCUT2D eigenvalue weighted by molar-refractivity contribution is 0.0519. The zero-order chi connectivity index (χ0) is 78.0. The first kappa shape index (κ1) is 81.5. The first-order valence-electron chi connectivity index (χ1n) is 31.3. The Balaban J connectivity index is 0.000000224. The van der Waals surface area contributed by atoms with Crippen LogP contribution in [0.2, 0.25) is 0 Å². The van der Waals surface area contributed by atoms with E-state index in [1.165, 1.54) is 79.5 Å². The number of carbonyl (C=O) groups excluding carboxylic acids is 2. The highest BCUT2D eigenvalue weighted by Gasteiger charge is 2.26. The SMILES string of the molecule is CC(C)(C)OC(=O)NCCS(=O)(=O)Nc1cccnc1C1=NNC(c2ncccc2NS(=O)(=O)CCNC(=O)OC(C)(C)C)=NN1.N#Cc1ncccc1N.NCCS(=O)(=O)Nc1cccnc1-c1nnc(-c2ncccc2NS(=O)(=O)CCN)nn1.Nc1cccnc1C1=NNC(c2ncccc2N)=NN1. The molecule has 0 atom stereocenters. The Hall–Kier alpha value is -12.8. The van der Waals surface area contributed by atoms with Crippen LogP contribution < -0.4 is 79.9 Å². The van der Waals surface area contributed by atoms with Crippen LogP contribution in [0, 0.1) is 11.3 Å². The molecule has 107 heavy (non-hydrogen) atoms. The Morgan fingerprint density at radius 2 is 0.682 bits per heavy atom. The molecule has 10 rings (SSSR count). The minimum atomic E-state index is -3.94. The molecular weight excluding hydrogens is 1480 g/mol. The van der Waals surface area contributed by atoms with E-state index in [0.717, 1.165) is 0 Å². The van der Waals surface area contributed by atoms with Gasteiger partial charge in [-0.3, -0.25) is 70.5 Å². The number of rotatable bonds is 24. The molecule has 47 heteroatoms. The van der Waals surface area contributed by atoms with Crippen molar-refractivity contribution in [2.24, 2.45) is 31.9 Å². The molecule has 0 bridgehead atoms. The van der Waals surface area contributed by atoms with Gasteiger partial charge in [0.2, 0.25) is 51.7 Å². The summed E-state index contributed by atoms with van der Waals surface area (Å²) in [6.45, 7) is 9.60. The largest absolute Gasteiger partial charge is 0.444 e. The van der Waals surface area contributed by atoms with Crippen LogP contribution in [0.5, 0.6) is 0 Å². The van der Waals surface area contributed by atoms with Gasteiger partial charge in [0, 0.05) is 69.6 Å². The molecule has 0 saturated carbocycles. The molecule has 8 aromatic heterocycles. The number of sulfonamides is 4. The number of aromatic nitrogens is 11. The fraction of sp³-hybridized carbons (Fsp3) is 0.267. The Morgan fingerprint density at radius 3 is 0.963 bits per heavy atom. The van der Waals surface area contributed by atoms with E-state index >= 15 is 0 Å². The summed E-state index contributed by atoms with van der Waals surface area (Å²) >= 11 is 0. The molecule has 0 aromatic carbocycles. The van der Waals surface area contributed by atoms with Crippen molar-refractivity contribution in [3.63, 3.8) is 0 Å². The summed E-state index contributed by atoms with van der Waals surface area (Å²) in [6, 6.07) is 24.2. The van der Waals surface area contributed by atoms with Gasteiger partial charge in [0.1, 0.15) is 51.4 Å². The summed E-state index contributed by atoms with van der Waals surface area (Å²) in [5.74, 6) is -0.613. The number of pyridine rings is 7.